The fourth-order valence-corrected chi connectivity index (χ4v) is 3.63. The number of nitrogens with one attached hydrogen (secondary N) is 2. The summed E-state index contributed by atoms with van der Waals surface area (Å²) in [6, 6.07) is 7.66. The summed E-state index contributed by atoms with van der Waals surface area (Å²) in [5.74, 6) is 0. The van der Waals surface area contributed by atoms with Crippen molar-refractivity contribution in [3.63, 3.8) is 0 Å². The normalized spacial score (nSPS) is 13.2. The number of rotatable bonds is 5. The zero-order valence-corrected chi connectivity index (χ0v) is 12.3. The minimum absolute atomic E-state index is 0.305. The van der Waals surface area contributed by atoms with Crippen molar-refractivity contribution in [1.29, 1.82) is 5.26 Å². The average molecular weight is 291 g/mol. The van der Waals surface area contributed by atoms with Gasteiger partial charge in [0.05, 0.1) is 12.5 Å². The zero-order valence-electron chi connectivity index (χ0n) is 11.5. The third-order valence-corrected chi connectivity index (χ3v) is 5.39. The largest absolute Gasteiger partial charge is 0.361 e. The minimum atomic E-state index is -3.37. The molecule has 0 spiro atoms. The van der Waals surface area contributed by atoms with Crippen molar-refractivity contribution in [2.45, 2.75) is 25.0 Å². The number of aromatic nitrogens is 1. The first-order valence-electron chi connectivity index (χ1n) is 6.42. The average Bonchev–Trinajstić information content (AvgIpc) is 2.83. The Kier molecular flexibility index (Phi) is 4.12. The fraction of sp³-hybridized carbons (Fsp3) is 0.357. The standard InChI is InChI=1S/C14H17N3O2S/c1-3-14(20(18,19)16-2)10-4-5-13-12(8-10)11(6-7-15)9-17-13/h4-5,8-9,14,16-17H,3,6H2,1-2H3. The van der Waals surface area contributed by atoms with Gasteiger partial charge in [-0.3, -0.25) is 0 Å². The lowest BCUT2D eigenvalue weighted by molar-refractivity contribution is 0.571. The van der Waals surface area contributed by atoms with E-state index in [0.29, 0.717) is 12.8 Å². The molecule has 106 valence electrons. The monoisotopic (exact) mass is 291 g/mol. The Labute approximate surface area is 118 Å². The molecule has 0 aliphatic carbocycles. The van der Waals surface area contributed by atoms with E-state index in [4.69, 9.17) is 5.26 Å². The first kappa shape index (κ1) is 14.6. The van der Waals surface area contributed by atoms with Crippen LogP contribution in [-0.2, 0) is 16.4 Å². The molecule has 1 heterocycles. The van der Waals surface area contributed by atoms with E-state index in [0.717, 1.165) is 22.0 Å². The van der Waals surface area contributed by atoms with E-state index in [1.165, 1.54) is 7.05 Å². The Morgan fingerprint density at radius 1 is 1.45 bits per heavy atom. The van der Waals surface area contributed by atoms with E-state index >= 15 is 0 Å². The van der Waals surface area contributed by atoms with Crippen molar-refractivity contribution < 1.29 is 8.42 Å². The van der Waals surface area contributed by atoms with Crippen LogP contribution in [0, 0.1) is 11.3 Å². The van der Waals surface area contributed by atoms with Gasteiger partial charge in [-0.1, -0.05) is 13.0 Å². The Morgan fingerprint density at radius 3 is 2.80 bits per heavy atom. The number of aromatic amines is 1. The van der Waals surface area contributed by atoms with Crippen molar-refractivity contribution in [3.05, 3.63) is 35.5 Å². The van der Waals surface area contributed by atoms with E-state index in [9.17, 15) is 8.42 Å². The molecule has 2 N–H and O–H groups in total. The molecule has 2 rings (SSSR count). The van der Waals surface area contributed by atoms with Gasteiger partial charge in [0.25, 0.3) is 0 Å². The van der Waals surface area contributed by atoms with Crippen LogP contribution in [0.5, 0.6) is 0 Å². The molecule has 20 heavy (non-hydrogen) atoms. The molecule has 0 saturated heterocycles. The smallest absolute Gasteiger partial charge is 0.218 e. The first-order valence-corrected chi connectivity index (χ1v) is 7.97. The van der Waals surface area contributed by atoms with Crippen LogP contribution >= 0.6 is 0 Å². The van der Waals surface area contributed by atoms with Crippen LogP contribution in [0.25, 0.3) is 10.9 Å². The van der Waals surface area contributed by atoms with Crippen LogP contribution in [0.15, 0.2) is 24.4 Å². The molecule has 0 aliphatic heterocycles. The molecule has 0 bridgehead atoms. The van der Waals surface area contributed by atoms with E-state index in [1.54, 1.807) is 6.20 Å². The van der Waals surface area contributed by atoms with Gasteiger partial charge in [0.1, 0.15) is 5.25 Å². The second kappa shape index (κ2) is 5.65. The Bertz CT molecular complexity index is 756. The summed E-state index contributed by atoms with van der Waals surface area (Å²) >= 11 is 0. The SMILES string of the molecule is CCC(c1ccc2[nH]cc(CC#N)c2c1)S(=O)(=O)NC. The highest BCUT2D eigenvalue weighted by Crippen LogP contribution is 2.29. The number of nitriles is 1. The summed E-state index contributed by atoms with van der Waals surface area (Å²) in [4.78, 5) is 3.09. The van der Waals surface area contributed by atoms with Crippen LogP contribution in [0.2, 0.25) is 0 Å². The molecule has 1 atom stereocenters. The molecule has 1 aromatic carbocycles. The maximum Gasteiger partial charge on any atom is 0.218 e. The second-order valence-corrected chi connectivity index (χ2v) is 6.67. The topological polar surface area (TPSA) is 85.8 Å². The highest BCUT2D eigenvalue weighted by molar-refractivity contribution is 7.89. The van der Waals surface area contributed by atoms with E-state index < -0.39 is 15.3 Å². The molecule has 0 aliphatic rings. The van der Waals surface area contributed by atoms with Crippen LogP contribution in [0.3, 0.4) is 0 Å². The van der Waals surface area contributed by atoms with Crippen LogP contribution in [0.1, 0.15) is 29.7 Å². The maximum atomic E-state index is 12.0. The van der Waals surface area contributed by atoms with Crippen molar-refractivity contribution in [2.75, 3.05) is 7.05 Å². The van der Waals surface area contributed by atoms with E-state index in [1.807, 2.05) is 25.1 Å². The lowest BCUT2D eigenvalue weighted by Gasteiger charge is -2.15. The molecular weight excluding hydrogens is 274 g/mol. The Hall–Kier alpha value is -1.84. The van der Waals surface area contributed by atoms with Gasteiger partial charge in [-0.2, -0.15) is 5.26 Å². The number of hydrogen-bond donors (Lipinski definition) is 2. The Balaban J connectivity index is 2.55. The van der Waals surface area contributed by atoms with Crippen molar-refractivity contribution in [3.8, 4) is 6.07 Å². The fourth-order valence-electron chi connectivity index (χ4n) is 2.40. The zero-order chi connectivity index (χ0) is 14.8. The minimum Gasteiger partial charge on any atom is -0.361 e. The van der Waals surface area contributed by atoms with Gasteiger partial charge in [-0.05, 0) is 36.7 Å². The first-order chi connectivity index (χ1) is 9.53. The van der Waals surface area contributed by atoms with Crippen LogP contribution in [0.4, 0.5) is 0 Å². The number of fused-ring (bicyclic) bond motifs is 1. The number of sulfonamides is 1. The van der Waals surface area contributed by atoms with Gasteiger partial charge in [0, 0.05) is 17.1 Å². The van der Waals surface area contributed by atoms with Gasteiger partial charge in [0.2, 0.25) is 10.0 Å². The summed E-state index contributed by atoms with van der Waals surface area (Å²) < 4.78 is 26.5. The van der Waals surface area contributed by atoms with E-state index in [-0.39, 0.29) is 0 Å². The van der Waals surface area contributed by atoms with Gasteiger partial charge in [-0.15, -0.1) is 0 Å². The maximum absolute atomic E-state index is 12.0. The predicted molar refractivity (Wildman–Crippen MR) is 78.6 cm³/mol. The van der Waals surface area contributed by atoms with E-state index in [2.05, 4.69) is 15.8 Å². The molecule has 0 saturated carbocycles. The molecule has 0 radical (unpaired) electrons. The molecule has 2 aromatic rings. The van der Waals surface area contributed by atoms with Crippen LogP contribution < -0.4 is 4.72 Å². The third-order valence-electron chi connectivity index (χ3n) is 3.46. The third kappa shape index (κ3) is 2.55. The highest BCUT2D eigenvalue weighted by Gasteiger charge is 2.24. The second-order valence-electron chi connectivity index (χ2n) is 4.60. The van der Waals surface area contributed by atoms with Gasteiger partial charge in [0.15, 0.2) is 0 Å². The van der Waals surface area contributed by atoms with Crippen molar-refractivity contribution in [1.82, 2.24) is 9.71 Å². The van der Waals surface area contributed by atoms with Crippen molar-refractivity contribution >= 4 is 20.9 Å². The molecular formula is C14H17N3O2S. The molecule has 1 aromatic heterocycles. The van der Waals surface area contributed by atoms with Gasteiger partial charge < -0.3 is 4.98 Å². The lowest BCUT2D eigenvalue weighted by atomic mass is 10.0. The van der Waals surface area contributed by atoms with Crippen molar-refractivity contribution in [2.24, 2.45) is 0 Å². The quantitative estimate of drug-likeness (QED) is 0.885. The molecule has 0 fully saturated rings. The number of benzene rings is 1. The summed E-state index contributed by atoms with van der Waals surface area (Å²) in [5.41, 5.74) is 2.55. The molecule has 5 nitrogen and oxygen atoms in total. The summed E-state index contributed by atoms with van der Waals surface area (Å²) in [7, 11) is -1.94. The predicted octanol–water partition coefficient (Wildman–Crippen LogP) is 2.23. The summed E-state index contributed by atoms with van der Waals surface area (Å²) in [5, 5.41) is 9.15. The lowest BCUT2D eigenvalue weighted by Crippen LogP contribution is -2.25. The number of nitrogens with zero attached hydrogens (tertiary/aromatic N) is 1. The van der Waals surface area contributed by atoms with Gasteiger partial charge >= 0.3 is 0 Å². The molecule has 0 amide bonds. The highest BCUT2D eigenvalue weighted by atomic mass is 32.2. The summed E-state index contributed by atoms with van der Waals surface area (Å²) in [6.45, 7) is 1.84. The summed E-state index contributed by atoms with van der Waals surface area (Å²) in [6.07, 6.45) is 2.59. The molecule has 6 heteroatoms. The number of H-pyrrole nitrogens is 1. The van der Waals surface area contributed by atoms with Gasteiger partial charge in [-0.25, -0.2) is 13.1 Å². The number of hydrogen-bond acceptors (Lipinski definition) is 3. The van der Waals surface area contributed by atoms with Crippen LogP contribution in [-0.4, -0.2) is 20.4 Å². The molecule has 1 unspecified atom stereocenters. The Morgan fingerprint density at radius 2 is 2.20 bits per heavy atom.